The van der Waals surface area contributed by atoms with E-state index in [1.54, 1.807) is 6.20 Å². The van der Waals surface area contributed by atoms with Gasteiger partial charge in [-0.05, 0) is 24.6 Å². The number of aromatic nitrogens is 2. The Balaban J connectivity index is 2.25. The minimum Gasteiger partial charge on any atom is -0.355 e. The molecule has 0 fully saturated rings. The van der Waals surface area contributed by atoms with Crippen molar-refractivity contribution >= 4 is 33.5 Å². The van der Waals surface area contributed by atoms with Crippen molar-refractivity contribution in [3.63, 3.8) is 0 Å². The number of nitrogens with one attached hydrogen (secondary N) is 1. The number of benzene rings is 1. The maximum absolute atomic E-state index is 6.25. The third-order valence-corrected chi connectivity index (χ3v) is 3.42. The van der Waals surface area contributed by atoms with Crippen LogP contribution in [0.1, 0.15) is 19.8 Å². The number of halogens is 2. The van der Waals surface area contributed by atoms with Gasteiger partial charge in [0.25, 0.3) is 0 Å². The summed E-state index contributed by atoms with van der Waals surface area (Å²) in [5.74, 6) is 0.827. The number of nitrogens with zero attached hydrogens (tertiary/aromatic N) is 2. The van der Waals surface area contributed by atoms with Crippen LogP contribution in [0.2, 0.25) is 5.02 Å². The molecule has 1 heterocycles. The van der Waals surface area contributed by atoms with Crippen LogP contribution in [-0.2, 0) is 0 Å². The molecule has 1 aromatic heterocycles. The minimum absolute atomic E-state index is 0.695. The normalized spacial score (nSPS) is 10.6. The molecule has 0 saturated heterocycles. The van der Waals surface area contributed by atoms with Gasteiger partial charge in [0.05, 0.1) is 10.7 Å². The predicted molar refractivity (Wildman–Crippen MR) is 79.7 cm³/mol. The van der Waals surface area contributed by atoms with E-state index in [0.29, 0.717) is 5.02 Å². The van der Waals surface area contributed by atoms with Crippen molar-refractivity contribution in [2.75, 3.05) is 11.9 Å². The van der Waals surface area contributed by atoms with E-state index in [2.05, 4.69) is 33.2 Å². The van der Waals surface area contributed by atoms with Gasteiger partial charge in [0, 0.05) is 23.4 Å². The molecule has 3 nitrogen and oxygen atoms in total. The molecule has 0 radical (unpaired) electrons. The molecule has 2 rings (SSSR count). The lowest BCUT2D eigenvalue weighted by Gasteiger charge is -2.11. The molecule has 0 amide bonds. The zero-order valence-corrected chi connectivity index (χ0v) is 12.5. The van der Waals surface area contributed by atoms with Gasteiger partial charge in [-0.25, -0.2) is 4.98 Å². The molecule has 0 aliphatic heterocycles. The first-order valence-electron chi connectivity index (χ1n) is 5.95. The van der Waals surface area contributed by atoms with Gasteiger partial charge >= 0.3 is 0 Å². The first-order chi connectivity index (χ1) is 8.72. The van der Waals surface area contributed by atoms with Crippen molar-refractivity contribution in [3.8, 4) is 5.69 Å². The molecule has 0 bridgehead atoms. The highest BCUT2D eigenvalue weighted by Gasteiger charge is 2.08. The van der Waals surface area contributed by atoms with E-state index in [4.69, 9.17) is 11.6 Å². The predicted octanol–water partition coefficient (Wildman–Crippen LogP) is 4.50. The second kappa shape index (κ2) is 6.25. The lowest BCUT2D eigenvalue weighted by atomic mass is 10.3. The van der Waals surface area contributed by atoms with Gasteiger partial charge < -0.3 is 5.32 Å². The van der Waals surface area contributed by atoms with Gasteiger partial charge in [-0.1, -0.05) is 40.9 Å². The van der Waals surface area contributed by atoms with Gasteiger partial charge in [0.1, 0.15) is 0 Å². The van der Waals surface area contributed by atoms with E-state index >= 15 is 0 Å². The lowest BCUT2D eigenvalue weighted by Crippen LogP contribution is -2.07. The van der Waals surface area contributed by atoms with Crippen LogP contribution in [0.4, 0.5) is 5.95 Å². The van der Waals surface area contributed by atoms with Crippen LogP contribution in [-0.4, -0.2) is 16.1 Å². The molecule has 0 spiro atoms. The van der Waals surface area contributed by atoms with E-state index in [1.165, 1.54) is 0 Å². The zero-order chi connectivity index (χ0) is 13.0. The zero-order valence-electron chi connectivity index (χ0n) is 10.2. The van der Waals surface area contributed by atoms with E-state index < -0.39 is 0 Å². The average Bonchev–Trinajstić information content (AvgIpc) is 2.78. The van der Waals surface area contributed by atoms with Crippen molar-refractivity contribution in [1.82, 2.24) is 9.55 Å². The molecular weight excluding hydrogens is 314 g/mol. The van der Waals surface area contributed by atoms with Crippen molar-refractivity contribution in [2.45, 2.75) is 19.8 Å². The summed E-state index contributed by atoms with van der Waals surface area (Å²) < 4.78 is 2.93. The molecule has 0 aliphatic carbocycles. The molecule has 2 aromatic rings. The summed E-state index contributed by atoms with van der Waals surface area (Å²) in [5.41, 5.74) is 0.927. The van der Waals surface area contributed by atoms with E-state index in [-0.39, 0.29) is 0 Å². The largest absolute Gasteiger partial charge is 0.355 e. The van der Waals surface area contributed by atoms with Crippen LogP contribution in [0.15, 0.2) is 35.1 Å². The molecule has 1 aromatic carbocycles. The number of imidazole rings is 1. The van der Waals surface area contributed by atoms with Crippen LogP contribution in [0.3, 0.4) is 0 Å². The summed E-state index contributed by atoms with van der Waals surface area (Å²) in [6.07, 6.45) is 5.96. The quantitative estimate of drug-likeness (QED) is 0.819. The molecule has 0 saturated carbocycles. The molecular formula is C13H15BrClN3. The second-order valence-corrected chi connectivity index (χ2v) is 5.32. The van der Waals surface area contributed by atoms with E-state index in [1.807, 2.05) is 29.0 Å². The van der Waals surface area contributed by atoms with E-state index in [0.717, 1.165) is 35.5 Å². The first kappa shape index (κ1) is 13.4. The fourth-order valence-electron chi connectivity index (χ4n) is 1.68. The highest BCUT2D eigenvalue weighted by molar-refractivity contribution is 9.10. The number of unbranched alkanes of at least 4 members (excludes halogenated alkanes) is 1. The van der Waals surface area contributed by atoms with Gasteiger partial charge in [-0.15, -0.1) is 0 Å². The van der Waals surface area contributed by atoms with Gasteiger partial charge in [0.15, 0.2) is 0 Å². The van der Waals surface area contributed by atoms with Crippen molar-refractivity contribution in [2.24, 2.45) is 0 Å². The third kappa shape index (κ3) is 3.06. The van der Waals surface area contributed by atoms with E-state index in [9.17, 15) is 0 Å². The Kier molecular flexibility index (Phi) is 4.66. The van der Waals surface area contributed by atoms with Gasteiger partial charge in [0.2, 0.25) is 5.95 Å². The van der Waals surface area contributed by atoms with Crippen LogP contribution < -0.4 is 5.32 Å². The SMILES string of the molecule is CCCCNc1nccn1-c1ccc(Br)cc1Cl. The Morgan fingerprint density at radius 3 is 3.00 bits per heavy atom. The fraction of sp³-hybridized carbons (Fsp3) is 0.308. The van der Waals surface area contributed by atoms with Crippen LogP contribution in [0, 0.1) is 0 Å². The van der Waals surface area contributed by atoms with Crippen LogP contribution >= 0.6 is 27.5 Å². The number of rotatable bonds is 5. The standard InChI is InChI=1S/C13H15BrClN3/c1-2-3-6-16-13-17-7-8-18(13)12-5-4-10(14)9-11(12)15/h4-5,7-9H,2-3,6H2,1H3,(H,16,17). The molecule has 0 unspecified atom stereocenters. The summed E-state index contributed by atoms with van der Waals surface area (Å²) in [5, 5.41) is 4.01. The van der Waals surface area contributed by atoms with Crippen LogP contribution in [0.25, 0.3) is 5.69 Å². The smallest absolute Gasteiger partial charge is 0.207 e. The molecule has 0 atom stereocenters. The second-order valence-electron chi connectivity index (χ2n) is 4.00. The van der Waals surface area contributed by atoms with Crippen molar-refractivity contribution in [3.05, 3.63) is 40.1 Å². The topological polar surface area (TPSA) is 29.9 Å². The third-order valence-electron chi connectivity index (χ3n) is 2.62. The Hall–Kier alpha value is -1.000. The summed E-state index contributed by atoms with van der Waals surface area (Å²) in [6, 6.07) is 5.82. The number of hydrogen-bond acceptors (Lipinski definition) is 2. The van der Waals surface area contributed by atoms with Gasteiger partial charge in [-0.2, -0.15) is 0 Å². The highest BCUT2D eigenvalue weighted by Crippen LogP contribution is 2.26. The summed E-state index contributed by atoms with van der Waals surface area (Å²) in [7, 11) is 0. The molecule has 0 aliphatic rings. The van der Waals surface area contributed by atoms with Crippen molar-refractivity contribution < 1.29 is 0 Å². The molecule has 1 N–H and O–H groups in total. The summed E-state index contributed by atoms with van der Waals surface area (Å²) in [4.78, 5) is 4.31. The molecule has 96 valence electrons. The monoisotopic (exact) mass is 327 g/mol. The minimum atomic E-state index is 0.695. The summed E-state index contributed by atoms with van der Waals surface area (Å²) >= 11 is 9.65. The maximum atomic E-state index is 6.25. The Morgan fingerprint density at radius 1 is 1.44 bits per heavy atom. The Labute approximate surface area is 120 Å². The Morgan fingerprint density at radius 2 is 2.28 bits per heavy atom. The number of anilines is 1. The number of hydrogen-bond donors (Lipinski definition) is 1. The molecule has 18 heavy (non-hydrogen) atoms. The summed E-state index contributed by atoms with van der Waals surface area (Å²) in [6.45, 7) is 3.08. The average molecular weight is 329 g/mol. The highest BCUT2D eigenvalue weighted by atomic mass is 79.9. The maximum Gasteiger partial charge on any atom is 0.207 e. The molecule has 5 heteroatoms. The first-order valence-corrected chi connectivity index (χ1v) is 7.12. The van der Waals surface area contributed by atoms with Crippen LogP contribution in [0.5, 0.6) is 0 Å². The fourth-order valence-corrected chi connectivity index (χ4v) is 2.45. The lowest BCUT2D eigenvalue weighted by molar-refractivity contribution is 0.823. The van der Waals surface area contributed by atoms with Gasteiger partial charge in [-0.3, -0.25) is 4.57 Å². The Bertz CT molecular complexity index is 525. The van der Waals surface area contributed by atoms with Crippen molar-refractivity contribution in [1.29, 1.82) is 0 Å².